The van der Waals surface area contributed by atoms with Crippen molar-refractivity contribution in [2.45, 2.75) is 87.7 Å². The summed E-state index contributed by atoms with van der Waals surface area (Å²) < 4.78 is 51.8. The molecule has 0 radical (unpaired) electrons. The van der Waals surface area contributed by atoms with Crippen LogP contribution in [0.4, 0.5) is 21.2 Å². The number of fused-ring (bicyclic) bond motifs is 1. The molecule has 48 heavy (non-hydrogen) atoms. The van der Waals surface area contributed by atoms with Crippen molar-refractivity contribution < 1.29 is 51.8 Å². The van der Waals surface area contributed by atoms with Gasteiger partial charge in [-0.25, -0.2) is 19.6 Å². The van der Waals surface area contributed by atoms with Crippen LogP contribution in [-0.4, -0.2) is 73.5 Å². The number of aromatic nitrogens is 4. The third-order valence-electron chi connectivity index (χ3n) is 6.14. The van der Waals surface area contributed by atoms with Gasteiger partial charge in [-0.15, -0.1) is 0 Å². The van der Waals surface area contributed by atoms with Crippen LogP contribution in [0.1, 0.15) is 54.4 Å². The molecule has 3 aromatic rings. The van der Waals surface area contributed by atoms with Crippen LogP contribution >= 0.6 is 19.4 Å². The zero-order chi connectivity index (χ0) is 35.3. The van der Waals surface area contributed by atoms with Crippen molar-refractivity contribution in [3.8, 4) is 0 Å². The van der Waals surface area contributed by atoms with Crippen LogP contribution in [0.15, 0.2) is 40.5 Å². The minimum absolute atomic E-state index is 0.0132. The Balaban J connectivity index is 1.44. The maximum absolute atomic E-state index is 13.6. The lowest BCUT2D eigenvalue weighted by atomic mass is 10.2. The number of benzene rings is 1. The Hall–Kier alpha value is -4.03. The maximum Gasteiger partial charge on any atom is 0.510 e. The van der Waals surface area contributed by atoms with E-state index in [0.717, 1.165) is 0 Å². The summed E-state index contributed by atoms with van der Waals surface area (Å²) in [5.74, 6) is -0.0132. The standard InChI is InChI=1S/C28H37N6O12PS/c1-26(2,3)45-24(35)40-15-43-47(39,44-16-41-25(36)46-27(4,5)6)17-42-28(11-12-28)13-33-14-30-20-21(33)31-23(29)32-22(20)48-19-9-7-18(8-10-19)34(37)38/h7-10,14H,11-13,15-17H2,1-6H3,(H2,29,31,32). The number of carbonyl (C=O) groups is 2. The summed E-state index contributed by atoms with van der Waals surface area (Å²) >= 11 is 1.22. The zero-order valence-corrected chi connectivity index (χ0v) is 28.9. The summed E-state index contributed by atoms with van der Waals surface area (Å²) in [5, 5.41) is 11.4. The molecule has 0 saturated heterocycles. The number of anilines is 1. The molecule has 1 saturated carbocycles. The third kappa shape index (κ3) is 11.0. The second kappa shape index (κ2) is 14.6. The van der Waals surface area contributed by atoms with E-state index in [0.29, 0.717) is 33.9 Å². The second-order valence-corrected chi connectivity index (χ2v) is 15.6. The second-order valence-electron chi connectivity index (χ2n) is 12.6. The van der Waals surface area contributed by atoms with Gasteiger partial charge in [-0.1, -0.05) is 11.8 Å². The van der Waals surface area contributed by atoms with Crippen LogP contribution in [0.2, 0.25) is 0 Å². The Labute approximate surface area is 279 Å². The predicted molar refractivity (Wildman–Crippen MR) is 169 cm³/mol. The first-order chi connectivity index (χ1) is 22.3. The molecular weight excluding hydrogens is 675 g/mol. The Morgan fingerprint density at radius 2 is 1.56 bits per heavy atom. The molecule has 1 aromatic carbocycles. The summed E-state index contributed by atoms with van der Waals surface area (Å²) in [7, 11) is -4.20. The maximum atomic E-state index is 13.6. The lowest BCUT2D eigenvalue weighted by Gasteiger charge is -2.23. The molecule has 0 bridgehead atoms. The fraction of sp³-hybridized carbons (Fsp3) is 0.536. The number of hydrogen-bond acceptors (Lipinski definition) is 17. The zero-order valence-electron chi connectivity index (χ0n) is 27.2. The van der Waals surface area contributed by atoms with Crippen molar-refractivity contribution in [1.29, 1.82) is 0 Å². The molecule has 262 valence electrons. The summed E-state index contributed by atoms with van der Waals surface area (Å²) in [6, 6.07) is 5.96. The van der Waals surface area contributed by atoms with Crippen molar-refractivity contribution in [2.75, 3.05) is 25.7 Å². The lowest BCUT2D eigenvalue weighted by molar-refractivity contribution is -0.384. The number of imidazole rings is 1. The van der Waals surface area contributed by atoms with Crippen LogP contribution < -0.4 is 5.73 Å². The number of carbonyl (C=O) groups excluding carboxylic acids is 2. The van der Waals surface area contributed by atoms with Crippen LogP contribution in [0.25, 0.3) is 11.2 Å². The number of nitro groups is 1. The molecule has 1 aliphatic rings. The van der Waals surface area contributed by atoms with Gasteiger partial charge in [0.1, 0.15) is 28.1 Å². The molecular formula is C28H37N6O12PS. The van der Waals surface area contributed by atoms with Crippen molar-refractivity contribution in [3.63, 3.8) is 0 Å². The van der Waals surface area contributed by atoms with Gasteiger partial charge >= 0.3 is 19.9 Å². The number of ether oxygens (including phenoxy) is 5. The fourth-order valence-electron chi connectivity index (χ4n) is 3.86. The van der Waals surface area contributed by atoms with Gasteiger partial charge in [-0.2, -0.15) is 4.98 Å². The number of nitro benzene ring substituents is 1. The molecule has 0 amide bonds. The highest BCUT2D eigenvalue weighted by Gasteiger charge is 2.47. The van der Waals surface area contributed by atoms with Crippen LogP contribution in [-0.2, 0) is 43.8 Å². The molecule has 0 atom stereocenters. The van der Waals surface area contributed by atoms with E-state index >= 15 is 0 Å². The van der Waals surface area contributed by atoms with Gasteiger partial charge < -0.3 is 34.0 Å². The molecule has 0 spiro atoms. The van der Waals surface area contributed by atoms with Gasteiger partial charge in [0.15, 0.2) is 5.65 Å². The number of nitrogens with two attached hydrogens (primary N) is 1. The number of nitrogens with zero attached hydrogens (tertiary/aromatic N) is 5. The number of nitrogen functional groups attached to an aromatic ring is 1. The van der Waals surface area contributed by atoms with Crippen LogP contribution in [0, 0.1) is 10.1 Å². The highest BCUT2D eigenvalue weighted by molar-refractivity contribution is 7.99. The van der Waals surface area contributed by atoms with Crippen molar-refractivity contribution in [1.82, 2.24) is 19.5 Å². The minimum atomic E-state index is -4.20. The van der Waals surface area contributed by atoms with Crippen LogP contribution in [0.5, 0.6) is 0 Å². The molecule has 2 N–H and O–H groups in total. The molecule has 0 aliphatic heterocycles. The first kappa shape index (κ1) is 36.8. The first-order valence-electron chi connectivity index (χ1n) is 14.5. The van der Waals surface area contributed by atoms with E-state index in [1.807, 2.05) is 0 Å². The molecule has 20 heteroatoms. The summed E-state index contributed by atoms with van der Waals surface area (Å²) in [6.07, 6.45) is -0.0252. The molecule has 18 nitrogen and oxygen atoms in total. The van der Waals surface area contributed by atoms with Crippen molar-refractivity contribution in [2.24, 2.45) is 0 Å². The monoisotopic (exact) mass is 712 g/mol. The van der Waals surface area contributed by atoms with E-state index in [2.05, 4.69) is 15.0 Å². The minimum Gasteiger partial charge on any atom is -0.429 e. The number of rotatable bonds is 14. The Morgan fingerprint density at radius 1 is 1.00 bits per heavy atom. The molecule has 0 unspecified atom stereocenters. The average Bonchev–Trinajstić information content (AvgIpc) is 3.61. The fourth-order valence-corrected chi connectivity index (χ4v) is 5.82. The predicted octanol–water partition coefficient (Wildman–Crippen LogP) is 6.02. The molecule has 2 aromatic heterocycles. The van der Waals surface area contributed by atoms with Gasteiger partial charge in [-0.3, -0.25) is 23.7 Å². The highest BCUT2D eigenvalue weighted by atomic mass is 32.2. The smallest absolute Gasteiger partial charge is 0.429 e. The van der Waals surface area contributed by atoms with Crippen LogP contribution in [0.3, 0.4) is 0 Å². The number of non-ortho nitro benzene ring substituents is 1. The van der Waals surface area contributed by atoms with Crippen molar-refractivity contribution >= 4 is 54.5 Å². The van der Waals surface area contributed by atoms with Gasteiger partial charge in [0.25, 0.3) is 5.69 Å². The van der Waals surface area contributed by atoms with E-state index in [1.165, 1.54) is 30.2 Å². The Kier molecular flexibility index (Phi) is 11.2. The quantitative estimate of drug-likeness (QED) is 0.0503. The van der Waals surface area contributed by atoms with Gasteiger partial charge in [0, 0.05) is 17.0 Å². The van der Waals surface area contributed by atoms with Crippen molar-refractivity contribution in [3.05, 3.63) is 40.7 Å². The van der Waals surface area contributed by atoms with Gasteiger partial charge in [-0.05, 0) is 66.5 Å². The molecule has 4 rings (SSSR count). The first-order valence-corrected chi connectivity index (χ1v) is 17.0. The highest BCUT2D eigenvalue weighted by Crippen LogP contribution is 2.52. The lowest BCUT2D eigenvalue weighted by Crippen LogP contribution is -2.26. The van der Waals surface area contributed by atoms with Gasteiger partial charge in [0.2, 0.25) is 19.5 Å². The molecule has 1 fully saturated rings. The Morgan fingerprint density at radius 3 is 2.06 bits per heavy atom. The van der Waals surface area contributed by atoms with E-state index in [1.54, 1.807) is 58.2 Å². The molecule has 1 aliphatic carbocycles. The summed E-state index contributed by atoms with van der Waals surface area (Å²) in [6.45, 7) is 8.48. The van der Waals surface area contributed by atoms with E-state index in [4.69, 9.17) is 38.5 Å². The van der Waals surface area contributed by atoms with E-state index < -0.39 is 61.6 Å². The topological polar surface area (TPSA) is 229 Å². The molecule has 2 heterocycles. The van der Waals surface area contributed by atoms with E-state index in [-0.39, 0.29) is 18.2 Å². The third-order valence-corrected chi connectivity index (χ3v) is 8.57. The van der Waals surface area contributed by atoms with Gasteiger partial charge in [0.05, 0.1) is 23.4 Å². The summed E-state index contributed by atoms with van der Waals surface area (Å²) in [4.78, 5) is 48.2. The average molecular weight is 713 g/mol. The normalized spacial score (nSPS) is 14.4. The number of hydrogen-bond donors (Lipinski definition) is 1. The van der Waals surface area contributed by atoms with E-state index in [9.17, 15) is 24.3 Å². The largest absolute Gasteiger partial charge is 0.510 e. The SMILES string of the molecule is CC(C)(C)OC(=O)OCOP(=O)(COC1(Cn2cnc3c(Sc4ccc([N+](=O)[O-])cc4)nc(N)nc32)CC1)OCOC(=O)OC(C)(C)C. The summed E-state index contributed by atoms with van der Waals surface area (Å²) in [5.41, 5.74) is 4.33. The Bertz CT molecular complexity index is 1650.